The van der Waals surface area contributed by atoms with Gasteiger partial charge in [-0.15, -0.1) is 0 Å². The van der Waals surface area contributed by atoms with Crippen molar-refractivity contribution < 1.29 is 52.1 Å². The summed E-state index contributed by atoms with van der Waals surface area (Å²) in [4.78, 5) is 25.5. The number of morpholine rings is 1. The fourth-order valence-corrected chi connectivity index (χ4v) is 2.65. The topological polar surface area (TPSA) is 66.8 Å². The van der Waals surface area contributed by atoms with E-state index in [1.807, 2.05) is 35.2 Å². The van der Waals surface area contributed by atoms with Gasteiger partial charge in [-0.1, -0.05) is 30.3 Å². The van der Waals surface area contributed by atoms with E-state index < -0.39 is 11.9 Å². The van der Waals surface area contributed by atoms with Crippen LogP contribution in [0.5, 0.6) is 0 Å². The van der Waals surface area contributed by atoms with Gasteiger partial charge in [-0.2, -0.15) is 0 Å². The smallest absolute Gasteiger partial charge is 0.306 e. The Morgan fingerprint density at radius 3 is 2.43 bits per heavy atom. The number of nitrogens with zero attached hydrogens (tertiary/aromatic N) is 1. The number of carboxylic acid groups (broad SMARTS) is 1. The predicted molar refractivity (Wildman–Crippen MR) is 82.8 cm³/mol. The minimum Gasteiger partial charge on any atom is -0.481 e. The van der Waals surface area contributed by atoms with E-state index in [2.05, 4.69) is 0 Å². The molecule has 1 heterocycles. The summed E-state index contributed by atoms with van der Waals surface area (Å²) in [5.41, 5.74) is 1.11. The molecule has 23 heavy (non-hydrogen) atoms. The van der Waals surface area contributed by atoms with Crippen molar-refractivity contribution in [2.75, 3.05) is 32.8 Å². The van der Waals surface area contributed by atoms with Gasteiger partial charge in [0.25, 0.3) is 0 Å². The van der Waals surface area contributed by atoms with Crippen LogP contribution in [-0.2, 0) is 53.5 Å². The molecule has 0 aromatic heterocycles. The van der Waals surface area contributed by atoms with Crippen LogP contribution in [0.3, 0.4) is 0 Å². The minimum atomic E-state index is -0.883. The van der Waals surface area contributed by atoms with Crippen molar-refractivity contribution in [3.05, 3.63) is 35.9 Å². The maximum Gasteiger partial charge on any atom is 0.306 e. The van der Waals surface area contributed by atoms with Crippen LogP contribution in [0.25, 0.3) is 0 Å². The molecule has 0 aliphatic carbocycles. The number of rotatable bonds is 8. The first-order chi connectivity index (χ1) is 10.6. The number of carbonyl (C=O) groups excluding carboxylic acids is 1. The molecule has 1 radical (unpaired) electrons. The van der Waals surface area contributed by atoms with E-state index >= 15 is 0 Å². The summed E-state index contributed by atoms with van der Waals surface area (Å²) in [5, 5.41) is 9.32. The third kappa shape index (κ3) is 7.66. The first-order valence-electron chi connectivity index (χ1n) is 7.73. The molecule has 2 rings (SSSR count). The molecule has 123 valence electrons. The molecule has 1 saturated heterocycles. The molecule has 1 aromatic rings. The second-order valence-corrected chi connectivity index (χ2v) is 5.69. The normalized spacial score (nSPS) is 16.3. The summed E-state index contributed by atoms with van der Waals surface area (Å²) >= 11 is 0. The summed E-state index contributed by atoms with van der Waals surface area (Å²) in [6.07, 6.45) is 1.29. The van der Waals surface area contributed by atoms with Gasteiger partial charge >= 0.3 is 5.97 Å². The number of aliphatic carboxylic acids is 1. The summed E-state index contributed by atoms with van der Waals surface area (Å²) in [5.74, 6) is -1.48. The molecular formula is C17H23NO4Y. The zero-order valence-electron chi connectivity index (χ0n) is 13.3. The average molecular weight is 394 g/mol. The Labute approximate surface area is 162 Å². The van der Waals surface area contributed by atoms with Crippen molar-refractivity contribution >= 4 is 11.8 Å². The van der Waals surface area contributed by atoms with Gasteiger partial charge in [0.1, 0.15) is 5.78 Å². The Bertz CT molecular complexity index is 489. The zero-order valence-corrected chi connectivity index (χ0v) is 16.2. The Hall–Kier alpha value is -0.616. The van der Waals surface area contributed by atoms with Gasteiger partial charge in [0.15, 0.2) is 0 Å². The number of benzene rings is 1. The van der Waals surface area contributed by atoms with E-state index in [4.69, 9.17) is 4.74 Å². The van der Waals surface area contributed by atoms with Gasteiger partial charge in [-0.3, -0.25) is 14.5 Å². The van der Waals surface area contributed by atoms with E-state index in [0.717, 1.165) is 18.7 Å². The molecule has 1 fully saturated rings. The van der Waals surface area contributed by atoms with Crippen molar-refractivity contribution in [2.24, 2.45) is 5.92 Å². The number of ether oxygens (including phenoxy) is 1. The quantitative estimate of drug-likeness (QED) is 0.726. The first-order valence-corrected chi connectivity index (χ1v) is 7.73. The van der Waals surface area contributed by atoms with E-state index in [1.54, 1.807) is 0 Å². The molecule has 1 N–H and O–H groups in total. The molecule has 0 saturated carbocycles. The van der Waals surface area contributed by atoms with E-state index in [-0.39, 0.29) is 44.9 Å². The monoisotopic (exact) mass is 394 g/mol. The number of Topliss-reactive ketones (excluding diaryl/α,β-unsaturated/α-hetero) is 1. The van der Waals surface area contributed by atoms with Gasteiger partial charge in [-0.05, 0) is 18.4 Å². The fraction of sp³-hybridized carbons (Fsp3) is 0.529. The molecule has 1 aliphatic heterocycles. The summed E-state index contributed by atoms with van der Waals surface area (Å²) in [6.45, 7) is 3.10. The van der Waals surface area contributed by atoms with Gasteiger partial charge in [0.05, 0.1) is 25.7 Å². The van der Waals surface area contributed by atoms with Gasteiger partial charge in [0.2, 0.25) is 0 Å². The summed E-state index contributed by atoms with van der Waals surface area (Å²) in [7, 11) is 0. The van der Waals surface area contributed by atoms with Crippen molar-refractivity contribution in [3.63, 3.8) is 0 Å². The van der Waals surface area contributed by atoms with Crippen LogP contribution in [0.4, 0.5) is 0 Å². The molecule has 0 unspecified atom stereocenters. The molecule has 1 aromatic carbocycles. The largest absolute Gasteiger partial charge is 0.481 e. The Morgan fingerprint density at radius 1 is 1.17 bits per heavy atom. The molecule has 1 aliphatic rings. The third-order valence-electron chi connectivity index (χ3n) is 3.95. The average Bonchev–Trinajstić information content (AvgIpc) is 2.53. The molecule has 0 bridgehead atoms. The van der Waals surface area contributed by atoms with E-state index in [1.165, 1.54) is 0 Å². The molecular weight excluding hydrogens is 371 g/mol. The second kappa shape index (κ2) is 11.0. The van der Waals surface area contributed by atoms with Gasteiger partial charge in [0, 0.05) is 52.2 Å². The maximum absolute atomic E-state index is 12.1. The van der Waals surface area contributed by atoms with E-state index in [0.29, 0.717) is 32.6 Å². The molecule has 1 atom stereocenters. The zero-order chi connectivity index (χ0) is 15.8. The minimum absolute atomic E-state index is 0. The van der Waals surface area contributed by atoms with Crippen molar-refractivity contribution in [1.82, 2.24) is 4.90 Å². The summed E-state index contributed by atoms with van der Waals surface area (Å²) < 4.78 is 5.24. The third-order valence-corrected chi connectivity index (χ3v) is 3.95. The Kier molecular flexibility index (Phi) is 9.80. The molecule has 0 amide bonds. The maximum atomic E-state index is 12.1. The van der Waals surface area contributed by atoms with Crippen LogP contribution < -0.4 is 0 Å². The van der Waals surface area contributed by atoms with Crippen LogP contribution in [0.1, 0.15) is 18.4 Å². The van der Waals surface area contributed by atoms with Crippen LogP contribution in [-0.4, -0.2) is 54.6 Å². The molecule has 0 spiro atoms. The SMILES string of the molecule is O=C(C[C@@H](CCc1ccccc1)C(=O)O)CN1CCOCC1.[Y]. The standard InChI is InChI=1S/C17H23NO4.Y/c19-16(13-18-8-10-22-11-9-18)12-15(17(20)21)7-6-14-4-2-1-3-5-14;/h1-5,15H,6-13H2,(H,20,21);/t15-;/m1./s1. The Balaban J connectivity index is 0.00000264. The number of ketones is 1. The number of carboxylic acids is 1. The number of hydrogen-bond donors (Lipinski definition) is 1. The van der Waals surface area contributed by atoms with E-state index in [9.17, 15) is 14.7 Å². The number of carbonyl (C=O) groups is 2. The van der Waals surface area contributed by atoms with Gasteiger partial charge < -0.3 is 9.84 Å². The van der Waals surface area contributed by atoms with Crippen LogP contribution in [0, 0.1) is 5.92 Å². The van der Waals surface area contributed by atoms with Crippen molar-refractivity contribution in [1.29, 1.82) is 0 Å². The van der Waals surface area contributed by atoms with Crippen LogP contribution in [0.2, 0.25) is 0 Å². The Morgan fingerprint density at radius 2 is 1.83 bits per heavy atom. The first kappa shape index (κ1) is 20.4. The molecule has 6 heteroatoms. The van der Waals surface area contributed by atoms with Crippen molar-refractivity contribution in [2.45, 2.75) is 19.3 Å². The molecule has 5 nitrogen and oxygen atoms in total. The number of hydrogen-bond acceptors (Lipinski definition) is 4. The van der Waals surface area contributed by atoms with Gasteiger partial charge in [-0.25, -0.2) is 0 Å². The predicted octanol–water partition coefficient (Wildman–Crippen LogP) is 1.61. The van der Waals surface area contributed by atoms with Crippen molar-refractivity contribution in [3.8, 4) is 0 Å². The van der Waals surface area contributed by atoms with Crippen LogP contribution >= 0.6 is 0 Å². The number of aryl methyl sites for hydroxylation is 1. The van der Waals surface area contributed by atoms with Crippen LogP contribution in [0.15, 0.2) is 30.3 Å². The summed E-state index contributed by atoms with van der Waals surface area (Å²) in [6, 6.07) is 9.77. The fourth-order valence-electron chi connectivity index (χ4n) is 2.65. The second-order valence-electron chi connectivity index (χ2n) is 5.69.